The van der Waals surface area contributed by atoms with Gasteiger partial charge in [-0.3, -0.25) is 9.59 Å². The van der Waals surface area contributed by atoms with Crippen molar-refractivity contribution in [3.63, 3.8) is 0 Å². The molecule has 62 valence electrons. The predicted molar refractivity (Wildman–Crippen MR) is 40.8 cm³/mol. The first-order valence-corrected chi connectivity index (χ1v) is 3.98. The summed E-state index contributed by atoms with van der Waals surface area (Å²) in [7, 11) is 0. The van der Waals surface area contributed by atoms with Gasteiger partial charge in [0.2, 0.25) is 5.91 Å². The molecule has 0 spiro atoms. The highest BCUT2D eigenvalue weighted by Gasteiger charge is 2.20. The minimum absolute atomic E-state index is 0.230. The third-order valence-electron chi connectivity index (χ3n) is 2.07. The molecule has 1 fully saturated rings. The quantitative estimate of drug-likeness (QED) is 0.635. The van der Waals surface area contributed by atoms with Crippen molar-refractivity contribution in [1.29, 1.82) is 0 Å². The summed E-state index contributed by atoms with van der Waals surface area (Å²) in [5, 5.41) is 0. The van der Waals surface area contributed by atoms with E-state index in [1.54, 1.807) is 0 Å². The summed E-state index contributed by atoms with van der Waals surface area (Å²) in [5.74, 6) is 0.223. The van der Waals surface area contributed by atoms with Crippen LogP contribution in [-0.2, 0) is 9.59 Å². The minimum atomic E-state index is -0.287. The van der Waals surface area contributed by atoms with Gasteiger partial charge in [0, 0.05) is 19.3 Å². The number of primary amides is 1. The van der Waals surface area contributed by atoms with Crippen LogP contribution in [0.25, 0.3) is 0 Å². The molecule has 1 unspecified atom stereocenters. The third kappa shape index (κ3) is 2.70. The summed E-state index contributed by atoms with van der Waals surface area (Å²) in [6.07, 6.45) is 3.54. The van der Waals surface area contributed by atoms with Gasteiger partial charge in [-0.1, -0.05) is 0 Å². The lowest BCUT2D eigenvalue weighted by atomic mass is 9.86. The van der Waals surface area contributed by atoms with Crippen LogP contribution in [0.1, 0.15) is 32.1 Å². The van der Waals surface area contributed by atoms with Gasteiger partial charge >= 0.3 is 0 Å². The molecule has 1 amide bonds. The lowest BCUT2D eigenvalue weighted by Gasteiger charge is -2.18. The SMILES string of the molecule is NC(=O)CC1CCCC(=O)C1. The van der Waals surface area contributed by atoms with E-state index in [2.05, 4.69) is 0 Å². The fraction of sp³-hybridized carbons (Fsp3) is 0.750. The molecule has 1 aliphatic carbocycles. The van der Waals surface area contributed by atoms with Crippen LogP contribution in [-0.4, -0.2) is 11.7 Å². The second-order valence-corrected chi connectivity index (χ2v) is 3.17. The molecule has 0 aliphatic heterocycles. The molecular weight excluding hydrogens is 142 g/mol. The van der Waals surface area contributed by atoms with E-state index < -0.39 is 0 Å². The predicted octanol–water partition coefficient (Wildman–Crippen LogP) is 0.621. The van der Waals surface area contributed by atoms with E-state index in [-0.39, 0.29) is 17.6 Å². The van der Waals surface area contributed by atoms with Crippen LogP contribution < -0.4 is 5.73 Å². The molecule has 0 saturated heterocycles. The van der Waals surface area contributed by atoms with E-state index in [1.807, 2.05) is 0 Å². The van der Waals surface area contributed by atoms with Crippen LogP contribution in [0.2, 0.25) is 0 Å². The zero-order chi connectivity index (χ0) is 8.27. The van der Waals surface area contributed by atoms with E-state index in [4.69, 9.17) is 5.73 Å². The van der Waals surface area contributed by atoms with Gasteiger partial charge in [0.1, 0.15) is 5.78 Å². The van der Waals surface area contributed by atoms with Gasteiger partial charge in [0.25, 0.3) is 0 Å². The van der Waals surface area contributed by atoms with Crippen molar-refractivity contribution in [2.45, 2.75) is 32.1 Å². The topological polar surface area (TPSA) is 60.2 Å². The first kappa shape index (κ1) is 8.24. The summed E-state index contributed by atoms with van der Waals surface area (Å²) in [4.78, 5) is 21.4. The largest absolute Gasteiger partial charge is 0.370 e. The maximum absolute atomic E-state index is 10.9. The Hall–Kier alpha value is -0.860. The van der Waals surface area contributed by atoms with Crippen molar-refractivity contribution in [3.8, 4) is 0 Å². The second kappa shape index (κ2) is 3.51. The van der Waals surface area contributed by atoms with Crippen LogP contribution in [0, 0.1) is 5.92 Å². The van der Waals surface area contributed by atoms with Crippen LogP contribution in [0.5, 0.6) is 0 Å². The first-order valence-electron chi connectivity index (χ1n) is 3.98. The zero-order valence-corrected chi connectivity index (χ0v) is 6.51. The molecule has 1 saturated carbocycles. The van der Waals surface area contributed by atoms with Crippen molar-refractivity contribution >= 4 is 11.7 Å². The first-order chi connectivity index (χ1) is 5.18. The number of amides is 1. The second-order valence-electron chi connectivity index (χ2n) is 3.17. The van der Waals surface area contributed by atoms with E-state index in [1.165, 1.54) is 0 Å². The van der Waals surface area contributed by atoms with Crippen molar-refractivity contribution in [2.75, 3.05) is 0 Å². The number of hydrogen-bond acceptors (Lipinski definition) is 2. The van der Waals surface area contributed by atoms with Crippen molar-refractivity contribution in [1.82, 2.24) is 0 Å². The highest BCUT2D eigenvalue weighted by Crippen LogP contribution is 2.23. The summed E-state index contributed by atoms with van der Waals surface area (Å²) in [6, 6.07) is 0. The molecule has 0 radical (unpaired) electrons. The van der Waals surface area contributed by atoms with Gasteiger partial charge in [0.05, 0.1) is 0 Å². The van der Waals surface area contributed by atoms with Crippen LogP contribution >= 0.6 is 0 Å². The normalized spacial score (nSPS) is 25.1. The Bertz CT molecular complexity index is 175. The smallest absolute Gasteiger partial charge is 0.217 e. The number of rotatable bonds is 2. The van der Waals surface area contributed by atoms with Gasteiger partial charge in [0.15, 0.2) is 0 Å². The maximum Gasteiger partial charge on any atom is 0.217 e. The number of carbonyl (C=O) groups excluding carboxylic acids is 2. The Morgan fingerprint density at radius 1 is 1.64 bits per heavy atom. The fourth-order valence-corrected chi connectivity index (χ4v) is 1.57. The fourth-order valence-electron chi connectivity index (χ4n) is 1.57. The lowest BCUT2D eigenvalue weighted by molar-refractivity contribution is -0.123. The maximum atomic E-state index is 10.9. The molecule has 0 aromatic rings. The summed E-state index contributed by atoms with van der Waals surface area (Å²) in [6.45, 7) is 0. The molecular formula is C8H13NO2. The molecule has 0 aromatic heterocycles. The number of ketones is 1. The average Bonchev–Trinajstić information content (AvgIpc) is 1.85. The molecule has 3 nitrogen and oxygen atoms in total. The van der Waals surface area contributed by atoms with Gasteiger partial charge in [-0.05, 0) is 18.8 Å². The third-order valence-corrected chi connectivity index (χ3v) is 2.07. The van der Waals surface area contributed by atoms with Crippen LogP contribution in [0.4, 0.5) is 0 Å². The molecule has 0 heterocycles. The molecule has 1 atom stereocenters. The van der Waals surface area contributed by atoms with Gasteiger partial charge in [-0.25, -0.2) is 0 Å². The molecule has 3 heteroatoms. The molecule has 2 N–H and O–H groups in total. The lowest BCUT2D eigenvalue weighted by Crippen LogP contribution is -2.21. The number of carbonyl (C=O) groups is 2. The van der Waals surface area contributed by atoms with E-state index in [0.717, 1.165) is 12.8 Å². The van der Waals surface area contributed by atoms with Gasteiger partial charge in [-0.2, -0.15) is 0 Å². The van der Waals surface area contributed by atoms with E-state index in [9.17, 15) is 9.59 Å². The van der Waals surface area contributed by atoms with Crippen molar-refractivity contribution < 1.29 is 9.59 Å². The van der Waals surface area contributed by atoms with Gasteiger partial charge < -0.3 is 5.73 Å². The molecule has 0 bridgehead atoms. The molecule has 11 heavy (non-hydrogen) atoms. The average molecular weight is 155 g/mol. The minimum Gasteiger partial charge on any atom is -0.370 e. The Labute approximate surface area is 66.0 Å². The van der Waals surface area contributed by atoms with Crippen molar-refractivity contribution in [3.05, 3.63) is 0 Å². The highest BCUT2D eigenvalue weighted by atomic mass is 16.1. The molecule has 0 aromatic carbocycles. The number of nitrogens with two attached hydrogens (primary N) is 1. The Morgan fingerprint density at radius 2 is 2.36 bits per heavy atom. The molecule has 1 aliphatic rings. The number of Topliss-reactive ketones (excluding diaryl/α,β-unsaturated/α-hetero) is 1. The Morgan fingerprint density at radius 3 is 2.91 bits per heavy atom. The van der Waals surface area contributed by atoms with Crippen LogP contribution in [0.3, 0.4) is 0 Å². The van der Waals surface area contributed by atoms with Crippen molar-refractivity contribution in [2.24, 2.45) is 11.7 Å². The van der Waals surface area contributed by atoms with E-state index >= 15 is 0 Å². The van der Waals surface area contributed by atoms with Crippen LogP contribution in [0.15, 0.2) is 0 Å². The van der Waals surface area contributed by atoms with Gasteiger partial charge in [-0.15, -0.1) is 0 Å². The van der Waals surface area contributed by atoms with E-state index in [0.29, 0.717) is 19.3 Å². The molecule has 1 rings (SSSR count). The number of hydrogen-bond donors (Lipinski definition) is 1. The standard InChI is InChI=1S/C8H13NO2/c9-8(11)5-6-2-1-3-7(10)4-6/h6H,1-5H2,(H2,9,11). The summed E-state index contributed by atoms with van der Waals surface area (Å²) >= 11 is 0. The summed E-state index contributed by atoms with van der Waals surface area (Å²) < 4.78 is 0. The zero-order valence-electron chi connectivity index (χ0n) is 6.51. The Kier molecular flexibility index (Phi) is 2.63. The highest BCUT2D eigenvalue weighted by molar-refractivity contribution is 5.81. The Balaban J connectivity index is 2.34. The summed E-state index contributed by atoms with van der Waals surface area (Å²) in [5.41, 5.74) is 5.02. The monoisotopic (exact) mass is 155 g/mol.